The number of benzene rings is 1. The van der Waals surface area contributed by atoms with Crippen molar-refractivity contribution in [1.29, 1.82) is 0 Å². The van der Waals surface area contributed by atoms with Crippen molar-refractivity contribution < 1.29 is 18.1 Å². The van der Waals surface area contributed by atoms with Crippen LogP contribution >= 0.6 is 0 Å². The number of nitro groups is 1. The molecule has 0 atom stereocenters. The van der Waals surface area contributed by atoms with Crippen LogP contribution in [-0.4, -0.2) is 69.9 Å². The summed E-state index contributed by atoms with van der Waals surface area (Å²) in [5.41, 5.74) is 0.0732. The first-order valence-corrected chi connectivity index (χ1v) is 10.3. The van der Waals surface area contributed by atoms with E-state index in [0.717, 1.165) is 45.4 Å². The predicted octanol–water partition coefficient (Wildman–Crippen LogP) is 1.30. The average Bonchev–Trinajstić information content (AvgIpc) is 2.61. The Morgan fingerprint density at radius 3 is 2.36 bits per heavy atom. The summed E-state index contributed by atoms with van der Waals surface area (Å²) in [5, 5.41) is 11.5. The summed E-state index contributed by atoms with van der Waals surface area (Å²) < 4.78 is 29.2. The van der Waals surface area contributed by atoms with Crippen LogP contribution in [0.2, 0.25) is 0 Å². The summed E-state index contributed by atoms with van der Waals surface area (Å²) in [5.74, 6) is 0. The van der Waals surface area contributed by atoms with Gasteiger partial charge in [0, 0.05) is 51.7 Å². The predicted molar refractivity (Wildman–Crippen MR) is 93.8 cm³/mol. The Morgan fingerprint density at radius 1 is 1.16 bits per heavy atom. The summed E-state index contributed by atoms with van der Waals surface area (Å²) in [6.07, 6.45) is 3.04. The van der Waals surface area contributed by atoms with Crippen molar-refractivity contribution in [3.8, 4) is 0 Å². The van der Waals surface area contributed by atoms with Crippen LogP contribution in [0, 0.1) is 10.1 Å². The Labute approximate surface area is 147 Å². The van der Waals surface area contributed by atoms with Gasteiger partial charge < -0.3 is 9.64 Å². The molecule has 2 saturated heterocycles. The maximum absolute atomic E-state index is 11.9. The third kappa shape index (κ3) is 3.94. The molecule has 0 spiro atoms. The zero-order valence-electron chi connectivity index (χ0n) is 14.3. The van der Waals surface area contributed by atoms with E-state index < -0.39 is 14.8 Å². The number of para-hydroxylation sites is 1. The van der Waals surface area contributed by atoms with Gasteiger partial charge in [0.25, 0.3) is 0 Å². The number of piperazine rings is 1. The van der Waals surface area contributed by atoms with Crippen LogP contribution in [-0.2, 0) is 14.6 Å². The van der Waals surface area contributed by atoms with Gasteiger partial charge in [-0.15, -0.1) is 0 Å². The third-order valence-electron chi connectivity index (χ3n) is 4.92. The molecule has 0 aliphatic carbocycles. The van der Waals surface area contributed by atoms with Crippen LogP contribution < -0.4 is 4.90 Å². The van der Waals surface area contributed by atoms with E-state index in [0.29, 0.717) is 24.8 Å². The molecule has 0 unspecified atom stereocenters. The molecule has 0 radical (unpaired) electrons. The number of anilines is 1. The molecule has 25 heavy (non-hydrogen) atoms. The van der Waals surface area contributed by atoms with Gasteiger partial charge in [0.2, 0.25) is 0 Å². The van der Waals surface area contributed by atoms with Gasteiger partial charge in [-0.3, -0.25) is 15.0 Å². The maximum Gasteiger partial charge on any atom is 0.311 e. The van der Waals surface area contributed by atoms with Crippen LogP contribution in [0.25, 0.3) is 0 Å². The molecule has 2 aliphatic rings. The van der Waals surface area contributed by atoms with E-state index >= 15 is 0 Å². The van der Waals surface area contributed by atoms with Gasteiger partial charge in [-0.2, -0.15) is 0 Å². The molecule has 0 bridgehead atoms. The van der Waals surface area contributed by atoms with Crippen LogP contribution in [0.1, 0.15) is 12.8 Å². The number of hydrogen-bond acceptors (Lipinski definition) is 7. The standard InChI is InChI=1S/C16H23N3O5S/c1-25(22,23)15-4-2-3-14(16(15)19(20)21)18-9-7-17(8-10-18)13-5-11-24-12-6-13/h2-4,13H,5-12H2,1H3. The highest BCUT2D eigenvalue weighted by Gasteiger charge is 2.31. The van der Waals surface area contributed by atoms with E-state index in [1.807, 2.05) is 4.90 Å². The van der Waals surface area contributed by atoms with Gasteiger partial charge in [-0.1, -0.05) is 6.07 Å². The lowest BCUT2D eigenvalue weighted by Crippen LogP contribution is -2.51. The highest BCUT2D eigenvalue weighted by Crippen LogP contribution is 2.35. The maximum atomic E-state index is 11.9. The molecule has 8 nitrogen and oxygen atoms in total. The Morgan fingerprint density at radius 2 is 1.80 bits per heavy atom. The fraction of sp³-hybridized carbons (Fsp3) is 0.625. The second-order valence-electron chi connectivity index (χ2n) is 6.52. The lowest BCUT2D eigenvalue weighted by atomic mass is 10.1. The van der Waals surface area contributed by atoms with Gasteiger partial charge in [0.15, 0.2) is 9.84 Å². The Hall–Kier alpha value is -1.71. The van der Waals surface area contributed by atoms with Crippen LogP contribution in [0.4, 0.5) is 11.4 Å². The highest BCUT2D eigenvalue weighted by molar-refractivity contribution is 7.90. The molecule has 0 N–H and O–H groups in total. The smallest absolute Gasteiger partial charge is 0.311 e. The van der Waals surface area contributed by atoms with Crippen LogP contribution in [0.15, 0.2) is 23.1 Å². The minimum Gasteiger partial charge on any atom is -0.381 e. The molecular formula is C16H23N3O5S. The SMILES string of the molecule is CS(=O)(=O)c1cccc(N2CCN(C3CCOCC3)CC2)c1[N+](=O)[O-]. The minimum absolute atomic E-state index is 0.221. The van der Waals surface area contributed by atoms with Gasteiger partial charge in [-0.05, 0) is 25.0 Å². The highest BCUT2D eigenvalue weighted by atomic mass is 32.2. The van der Waals surface area contributed by atoms with Gasteiger partial charge in [0.05, 0.1) is 4.92 Å². The van der Waals surface area contributed by atoms with Gasteiger partial charge >= 0.3 is 5.69 Å². The summed E-state index contributed by atoms with van der Waals surface area (Å²) in [6, 6.07) is 5.02. The topological polar surface area (TPSA) is 93.0 Å². The first-order valence-electron chi connectivity index (χ1n) is 8.42. The summed E-state index contributed by atoms with van der Waals surface area (Å²) >= 11 is 0. The number of nitrogens with zero attached hydrogens (tertiary/aromatic N) is 3. The zero-order chi connectivity index (χ0) is 18.0. The number of ether oxygens (including phenoxy) is 1. The minimum atomic E-state index is -3.66. The normalized spacial score (nSPS) is 20.6. The van der Waals surface area contributed by atoms with E-state index in [1.54, 1.807) is 12.1 Å². The molecule has 138 valence electrons. The zero-order valence-corrected chi connectivity index (χ0v) is 15.1. The van der Waals surface area contributed by atoms with Crippen molar-refractivity contribution >= 4 is 21.2 Å². The number of rotatable bonds is 4. The van der Waals surface area contributed by atoms with E-state index in [2.05, 4.69) is 4.90 Å². The van der Waals surface area contributed by atoms with Crippen LogP contribution in [0.5, 0.6) is 0 Å². The largest absolute Gasteiger partial charge is 0.381 e. The molecule has 0 aromatic heterocycles. The van der Waals surface area contributed by atoms with Crippen molar-refractivity contribution in [3.63, 3.8) is 0 Å². The Bertz CT molecular complexity index is 738. The molecule has 2 aliphatic heterocycles. The fourth-order valence-electron chi connectivity index (χ4n) is 3.63. The molecule has 9 heteroatoms. The first-order chi connectivity index (χ1) is 11.9. The second kappa shape index (κ2) is 7.27. The second-order valence-corrected chi connectivity index (χ2v) is 8.50. The van der Waals surface area contributed by atoms with Crippen LogP contribution in [0.3, 0.4) is 0 Å². The summed E-state index contributed by atoms with van der Waals surface area (Å²) in [6.45, 7) is 4.48. The van der Waals surface area contributed by atoms with Crippen molar-refractivity contribution in [3.05, 3.63) is 28.3 Å². The molecule has 0 amide bonds. The molecule has 0 saturated carbocycles. The molecule has 3 rings (SSSR count). The fourth-order valence-corrected chi connectivity index (χ4v) is 4.48. The molecular weight excluding hydrogens is 346 g/mol. The van der Waals surface area contributed by atoms with E-state index in [1.165, 1.54) is 6.07 Å². The van der Waals surface area contributed by atoms with Crippen molar-refractivity contribution in [2.75, 3.05) is 50.5 Å². The number of sulfone groups is 1. The first kappa shape index (κ1) is 18.1. The summed E-state index contributed by atoms with van der Waals surface area (Å²) in [4.78, 5) is 15.1. The number of hydrogen-bond donors (Lipinski definition) is 0. The van der Waals surface area contributed by atoms with E-state index in [4.69, 9.17) is 4.74 Å². The molecule has 2 fully saturated rings. The third-order valence-corrected chi connectivity index (χ3v) is 6.05. The van der Waals surface area contributed by atoms with Gasteiger partial charge in [0.1, 0.15) is 10.6 Å². The Kier molecular flexibility index (Phi) is 5.26. The lowest BCUT2D eigenvalue weighted by Gasteiger charge is -2.41. The van der Waals surface area contributed by atoms with E-state index in [-0.39, 0.29) is 10.6 Å². The van der Waals surface area contributed by atoms with E-state index in [9.17, 15) is 18.5 Å². The van der Waals surface area contributed by atoms with Crippen molar-refractivity contribution in [1.82, 2.24) is 4.90 Å². The monoisotopic (exact) mass is 369 g/mol. The Balaban J connectivity index is 1.80. The van der Waals surface area contributed by atoms with Crippen molar-refractivity contribution in [2.45, 2.75) is 23.8 Å². The molecule has 1 aromatic carbocycles. The summed E-state index contributed by atoms with van der Waals surface area (Å²) in [7, 11) is -3.66. The lowest BCUT2D eigenvalue weighted by molar-refractivity contribution is -0.387. The quantitative estimate of drug-likeness (QED) is 0.583. The average molecular weight is 369 g/mol. The molecule has 2 heterocycles. The molecule has 1 aromatic rings. The number of nitro benzene ring substituents is 1. The van der Waals surface area contributed by atoms with Crippen molar-refractivity contribution in [2.24, 2.45) is 0 Å². The van der Waals surface area contributed by atoms with Gasteiger partial charge in [-0.25, -0.2) is 8.42 Å².